The first-order chi connectivity index (χ1) is 15.2. The average molecular weight is 418 g/mol. The number of pyridine rings is 1. The molecule has 2 aliphatic heterocycles. The van der Waals surface area contributed by atoms with Gasteiger partial charge in [0.25, 0.3) is 5.91 Å². The maximum absolute atomic E-state index is 13.4. The second-order valence-electron chi connectivity index (χ2n) is 8.91. The van der Waals surface area contributed by atoms with E-state index in [1.54, 1.807) is 0 Å². The Morgan fingerprint density at radius 1 is 1.03 bits per heavy atom. The number of carbonyl (C=O) groups excluding carboxylic acids is 1. The number of piperidine rings is 1. The number of benzene rings is 1. The van der Waals surface area contributed by atoms with Crippen molar-refractivity contribution in [2.75, 3.05) is 50.7 Å². The lowest BCUT2D eigenvalue weighted by molar-refractivity contribution is 0.0639. The summed E-state index contributed by atoms with van der Waals surface area (Å²) in [5.41, 5.74) is 1.95. The quantitative estimate of drug-likeness (QED) is 0.654. The van der Waals surface area contributed by atoms with Gasteiger partial charge in [0.1, 0.15) is 5.82 Å². The number of hydrogen-bond acceptors (Lipinski definition) is 4. The van der Waals surface area contributed by atoms with Gasteiger partial charge in [-0.05, 0) is 37.0 Å². The number of para-hydroxylation sites is 1. The molecule has 2 saturated heterocycles. The summed E-state index contributed by atoms with van der Waals surface area (Å²) in [5.74, 6) is 1.81. The van der Waals surface area contributed by atoms with E-state index in [1.165, 1.54) is 6.42 Å². The Morgan fingerprint density at radius 3 is 2.65 bits per heavy atom. The molecular weight excluding hydrogens is 386 g/mol. The fraction of sp³-hybridized carbons (Fsp3) is 0.440. The minimum atomic E-state index is 0.182. The van der Waals surface area contributed by atoms with Gasteiger partial charge in [0, 0.05) is 76.2 Å². The Morgan fingerprint density at radius 2 is 1.84 bits per heavy atom. The molecule has 1 amide bonds. The third kappa shape index (κ3) is 4.17. The standard InChI is InChI=1S/C25H31N5O/c1-27-19-22(21-8-2-3-9-23(21)27)25(31)30-12-6-7-20(18-30)17-28-13-15-29(16-14-28)24-10-4-5-11-26-24/h2-5,8-11,19-20H,6-7,12-18H2,1H3. The van der Waals surface area contributed by atoms with Crippen molar-refractivity contribution in [2.45, 2.75) is 12.8 Å². The summed E-state index contributed by atoms with van der Waals surface area (Å²) < 4.78 is 2.06. The molecule has 0 saturated carbocycles. The van der Waals surface area contributed by atoms with Gasteiger partial charge in [0.05, 0.1) is 5.56 Å². The highest BCUT2D eigenvalue weighted by Crippen LogP contribution is 2.25. The first-order valence-corrected chi connectivity index (χ1v) is 11.4. The van der Waals surface area contributed by atoms with Crippen LogP contribution in [0.4, 0.5) is 5.82 Å². The fourth-order valence-corrected chi connectivity index (χ4v) is 5.15. The zero-order valence-electron chi connectivity index (χ0n) is 18.3. The van der Waals surface area contributed by atoms with Crippen molar-refractivity contribution >= 4 is 22.6 Å². The summed E-state index contributed by atoms with van der Waals surface area (Å²) in [7, 11) is 2.02. The first kappa shape index (κ1) is 20.1. The van der Waals surface area contributed by atoms with Crippen LogP contribution in [0.2, 0.25) is 0 Å². The van der Waals surface area contributed by atoms with Crippen LogP contribution in [0, 0.1) is 5.92 Å². The van der Waals surface area contributed by atoms with E-state index in [0.29, 0.717) is 5.92 Å². The Hall–Kier alpha value is -2.86. The molecule has 0 aliphatic carbocycles. The highest BCUT2D eigenvalue weighted by Gasteiger charge is 2.28. The van der Waals surface area contributed by atoms with Crippen molar-refractivity contribution in [3.8, 4) is 0 Å². The normalized spacial score (nSPS) is 20.4. The highest BCUT2D eigenvalue weighted by atomic mass is 16.2. The van der Waals surface area contributed by atoms with Gasteiger partial charge in [-0.15, -0.1) is 0 Å². The molecule has 6 nitrogen and oxygen atoms in total. The molecule has 3 aromatic rings. The smallest absolute Gasteiger partial charge is 0.256 e. The minimum absolute atomic E-state index is 0.182. The molecule has 5 rings (SSSR count). The van der Waals surface area contributed by atoms with Crippen LogP contribution in [-0.2, 0) is 7.05 Å². The summed E-state index contributed by atoms with van der Waals surface area (Å²) in [6, 6.07) is 14.3. The summed E-state index contributed by atoms with van der Waals surface area (Å²) >= 11 is 0. The number of fused-ring (bicyclic) bond motifs is 1. The Kier molecular flexibility index (Phi) is 5.64. The van der Waals surface area contributed by atoms with Crippen LogP contribution >= 0.6 is 0 Å². The zero-order chi connectivity index (χ0) is 21.2. The molecule has 0 N–H and O–H groups in total. The number of nitrogens with zero attached hydrogens (tertiary/aromatic N) is 5. The lowest BCUT2D eigenvalue weighted by atomic mass is 9.96. The average Bonchev–Trinajstić information content (AvgIpc) is 3.16. The molecule has 2 aliphatic rings. The van der Waals surface area contributed by atoms with E-state index >= 15 is 0 Å². The lowest BCUT2D eigenvalue weighted by Gasteiger charge is -2.39. The largest absolute Gasteiger partial charge is 0.354 e. The number of aromatic nitrogens is 2. The van der Waals surface area contributed by atoms with Crippen LogP contribution in [0.3, 0.4) is 0 Å². The summed E-state index contributed by atoms with van der Waals surface area (Å²) in [6.07, 6.45) is 6.16. The number of aryl methyl sites for hydroxylation is 1. The van der Waals surface area contributed by atoms with E-state index < -0.39 is 0 Å². The third-order valence-corrected chi connectivity index (χ3v) is 6.80. The molecule has 6 heteroatoms. The van der Waals surface area contributed by atoms with Crippen LogP contribution in [0.1, 0.15) is 23.2 Å². The predicted octanol–water partition coefficient (Wildman–Crippen LogP) is 3.25. The van der Waals surface area contributed by atoms with E-state index in [1.807, 2.05) is 37.6 Å². The van der Waals surface area contributed by atoms with Crippen LogP contribution in [-0.4, -0.2) is 71.1 Å². The van der Waals surface area contributed by atoms with Crippen molar-refractivity contribution in [3.05, 3.63) is 60.4 Å². The minimum Gasteiger partial charge on any atom is -0.354 e. The molecule has 31 heavy (non-hydrogen) atoms. The van der Waals surface area contributed by atoms with Crippen molar-refractivity contribution in [1.29, 1.82) is 0 Å². The summed E-state index contributed by atoms with van der Waals surface area (Å²) in [5, 5.41) is 1.06. The lowest BCUT2D eigenvalue weighted by Crippen LogP contribution is -2.50. The van der Waals surface area contributed by atoms with Crippen LogP contribution < -0.4 is 4.90 Å². The van der Waals surface area contributed by atoms with Crippen LogP contribution in [0.5, 0.6) is 0 Å². The molecular formula is C25H31N5O. The SMILES string of the molecule is Cn1cc(C(=O)N2CCCC(CN3CCN(c4ccccn4)CC3)C2)c2ccccc21. The van der Waals surface area contributed by atoms with Crippen molar-refractivity contribution in [2.24, 2.45) is 13.0 Å². The van der Waals surface area contributed by atoms with Gasteiger partial charge in [0.2, 0.25) is 0 Å². The van der Waals surface area contributed by atoms with Gasteiger partial charge in [0.15, 0.2) is 0 Å². The predicted molar refractivity (Wildman–Crippen MR) is 124 cm³/mol. The van der Waals surface area contributed by atoms with Crippen LogP contribution in [0.25, 0.3) is 10.9 Å². The van der Waals surface area contributed by atoms with Crippen molar-refractivity contribution in [1.82, 2.24) is 19.4 Å². The summed E-state index contributed by atoms with van der Waals surface area (Å²) in [6.45, 7) is 6.96. The molecule has 1 unspecified atom stereocenters. The van der Waals surface area contributed by atoms with Crippen molar-refractivity contribution < 1.29 is 4.79 Å². The molecule has 0 bridgehead atoms. The number of likely N-dealkylation sites (tertiary alicyclic amines) is 1. The highest BCUT2D eigenvalue weighted by molar-refractivity contribution is 6.07. The molecule has 1 atom stereocenters. The van der Waals surface area contributed by atoms with Gasteiger partial charge in [-0.2, -0.15) is 0 Å². The maximum Gasteiger partial charge on any atom is 0.256 e. The molecule has 1 aromatic carbocycles. The van der Waals surface area contributed by atoms with Gasteiger partial charge < -0.3 is 14.4 Å². The van der Waals surface area contributed by atoms with Gasteiger partial charge in [-0.1, -0.05) is 24.3 Å². The zero-order valence-corrected chi connectivity index (χ0v) is 18.3. The molecule has 2 aromatic heterocycles. The van der Waals surface area contributed by atoms with E-state index in [-0.39, 0.29) is 5.91 Å². The van der Waals surface area contributed by atoms with Gasteiger partial charge >= 0.3 is 0 Å². The van der Waals surface area contributed by atoms with E-state index in [2.05, 4.69) is 48.5 Å². The van der Waals surface area contributed by atoms with Gasteiger partial charge in [-0.3, -0.25) is 9.69 Å². The molecule has 0 radical (unpaired) electrons. The molecule has 0 spiro atoms. The van der Waals surface area contributed by atoms with Gasteiger partial charge in [-0.25, -0.2) is 4.98 Å². The monoisotopic (exact) mass is 417 g/mol. The molecule has 4 heterocycles. The maximum atomic E-state index is 13.4. The second kappa shape index (κ2) is 8.71. The molecule has 2 fully saturated rings. The second-order valence-corrected chi connectivity index (χ2v) is 8.91. The number of hydrogen-bond donors (Lipinski definition) is 0. The summed E-state index contributed by atoms with van der Waals surface area (Å²) in [4.78, 5) is 24.9. The number of amides is 1. The number of carbonyl (C=O) groups is 1. The Bertz CT molecular complexity index is 1040. The number of rotatable bonds is 4. The number of piperazine rings is 1. The van der Waals surface area contributed by atoms with E-state index in [4.69, 9.17) is 0 Å². The van der Waals surface area contributed by atoms with E-state index in [9.17, 15) is 4.79 Å². The molecule has 162 valence electrons. The third-order valence-electron chi connectivity index (χ3n) is 6.80. The Labute approximate surface area is 184 Å². The first-order valence-electron chi connectivity index (χ1n) is 11.4. The number of anilines is 1. The Balaban J connectivity index is 1.19. The fourth-order valence-electron chi connectivity index (χ4n) is 5.15. The van der Waals surface area contributed by atoms with E-state index in [0.717, 1.165) is 74.5 Å². The topological polar surface area (TPSA) is 44.6 Å². The van der Waals surface area contributed by atoms with Crippen molar-refractivity contribution in [3.63, 3.8) is 0 Å². The van der Waals surface area contributed by atoms with Crippen LogP contribution in [0.15, 0.2) is 54.9 Å².